The number of nitrogens with zero attached hydrogens (tertiary/aromatic N) is 5. The van der Waals surface area contributed by atoms with E-state index in [1.54, 1.807) is 4.90 Å². The molecule has 1 aromatic carbocycles. The van der Waals surface area contributed by atoms with Gasteiger partial charge < -0.3 is 0 Å². The van der Waals surface area contributed by atoms with Gasteiger partial charge >= 0.3 is 6.03 Å². The Morgan fingerprint density at radius 1 is 1.29 bits per heavy atom. The molecule has 2 aromatic rings. The highest BCUT2D eigenvalue weighted by molar-refractivity contribution is 5.93. The number of carbonyl (C=O) groups excluding carboxylic acids is 1. The molecule has 24 heavy (non-hydrogen) atoms. The second-order valence-corrected chi connectivity index (χ2v) is 6.04. The standard InChI is InChI=1S/C18H21N5O/c1-2-22(15-11-7-4-8-12-15)18(24)23-16(13-19)17(20-21-23)14-9-5-3-6-10-14/h4,7-8,11-12,14H,2-3,5-6,9-10H2,1H3. The number of para-hydroxylation sites is 1. The van der Waals surface area contributed by atoms with Crippen LogP contribution in [0, 0.1) is 11.3 Å². The molecule has 1 saturated carbocycles. The van der Waals surface area contributed by atoms with Gasteiger partial charge in [0.2, 0.25) is 0 Å². The largest absolute Gasteiger partial charge is 0.351 e. The van der Waals surface area contributed by atoms with Gasteiger partial charge in [0.25, 0.3) is 0 Å². The van der Waals surface area contributed by atoms with Crippen LogP contribution in [0.3, 0.4) is 0 Å². The lowest BCUT2D eigenvalue weighted by Crippen LogP contribution is -2.36. The van der Waals surface area contributed by atoms with Crippen molar-refractivity contribution < 1.29 is 4.79 Å². The Hall–Kier alpha value is -2.68. The average molecular weight is 323 g/mol. The van der Waals surface area contributed by atoms with Crippen LogP contribution in [0.1, 0.15) is 56.3 Å². The number of aromatic nitrogens is 3. The predicted molar refractivity (Wildman–Crippen MR) is 90.8 cm³/mol. The molecule has 0 aliphatic heterocycles. The van der Waals surface area contributed by atoms with Gasteiger partial charge in [-0.2, -0.15) is 9.94 Å². The molecule has 1 aliphatic rings. The van der Waals surface area contributed by atoms with Gasteiger partial charge in [0, 0.05) is 18.2 Å². The van der Waals surface area contributed by atoms with E-state index in [4.69, 9.17) is 0 Å². The van der Waals surface area contributed by atoms with Crippen molar-refractivity contribution in [2.45, 2.75) is 44.9 Å². The highest BCUT2D eigenvalue weighted by Crippen LogP contribution is 2.33. The maximum absolute atomic E-state index is 12.9. The topological polar surface area (TPSA) is 74.8 Å². The van der Waals surface area contributed by atoms with E-state index < -0.39 is 0 Å². The zero-order chi connectivity index (χ0) is 16.9. The fourth-order valence-electron chi connectivity index (χ4n) is 3.33. The molecule has 1 aliphatic carbocycles. The monoisotopic (exact) mass is 323 g/mol. The Morgan fingerprint density at radius 2 is 2.00 bits per heavy atom. The average Bonchev–Trinajstić information content (AvgIpc) is 3.08. The van der Waals surface area contributed by atoms with Crippen molar-refractivity contribution in [3.8, 4) is 6.07 Å². The molecular weight excluding hydrogens is 302 g/mol. The van der Waals surface area contributed by atoms with Crippen LogP contribution >= 0.6 is 0 Å². The molecule has 6 heteroatoms. The minimum Gasteiger partial charge on any atom is -0.293 e. The predicted octanol–water partition coefficient (Wildman–Crippen LogP) is 3.69. The van der Waals surface area contributed by atoms with Gasteiger partial charge in [-0.15, -0.1) is 5.10 Å². The minimum atomic E-state index is -0.338. The Morgan fingerprint density at radius 3 is 2.62 bits per heavy atom. The lowest BCUT2D eigenvalue weighted by Gasteiger charge is -2.21. The van der Waals surface area contributed by atoms with Gasteiger partial charge in [0.15, 0.2) is 5.69 Å². The number of rotatable bonds is 3. The van der Waals surface area contributed by atoms with E-state index in [0.29, 0.717) is 12.2 Å². The van der Waals surface area contributed by atoms with Gasteiger partial charge in [0.05, 0.1) is 0 Å². The maximum Gasteiger partial charge on any atom is 0.351 e. The molecule has 124 valence electrons. The molecule has 6 nitrogen and oxygen atoms in total. The van der Waals surface area contributed by atoms with E-state index in [0.717, 1.165) is 36.1 Å². The number of hydrogen-bond acceptors (Lipinski definition) is 4. The van der Waals surface area contributed by atoms with Gasteiger partial charge in [-0.1, -0.05) is 42.7 Å². The van der Waals surface area contributed by atoms with Crippen molar-refractivity contribution in [1.82, 2.24) is 15.0 Å². The van der Waals surface area contributed by atoms with Gasteiger partial charge in [-0.25, -0.2) is 4.79 Å². The SMILES string of the molecule is CCN(C(=O)n1nnc(C2CCCCC2)c1C#N)c1ccccc1. The first-order chi connectivity index (χ1) is 11.8. The molecule has 0 bridgehead atoms. The Bertz CT molecular complexity index is 741. The van der Waals surface area contributed by atoms with Crippen molar-refractivity contribution >= 4 is 11.7 Å². The van der Waals surface area contributed by atoms with E-state index in [9.17, 15) is 10.1 Å². The van der Waals surface area contributed by atoms with Crippen LogP contribution in [0.2, 0.25) is 0 Å². The van der Waals surface area contributed by atoms with E-state index in [1.807, 2.05) is 37.3 Å². The van der Waals surface area contributed by atoms with E-state index in [2.05, 4.69) is 16.4 Å². The molecule has 1 amide bonds. The minimum absolute atomic E-state index is 0.238. The van der Waals surface area contributed by atoms with Crippen molar-refractivity contribution in [2.24, 2.45) is 0 Å². The molecule has 1 aromatic heterocycles. The quantitative estimate of drug-likeness (QED) is 0.863. The summed E-state index contributed by atoms with van der Waals surface area (Å²) in [6, 6.07) is 11.2. The molecule has 1 fully saturated rings. The molecule has 0 spiro atoms. The third kappa shape index (κ3) is 3.02. The number of anilines is 1. The molecule has 3 rings (SSSR count). The van der Waals surface area contributed by atoms with Gasteiger partial charge in [-0.3, -0.25) is 4.90 Å². The van der Waals surface area contributed by atoms with Crippen LogP contribution in [-0.4, -0.2) is 27.6 Å². The van der Waals surface area contributed by atoms with E-state index in [1.165, 1.54) is 6.42 Å². The first-order valence-corrected chi connectivity index (χ1v) is 8.48. The summed E-state index contributed by atoms with van der Waals surface area (Å²) in [5.41, 5.74) is 1.74. The van der Waals surface area contributed by atoms with E-state index in [-0.39, 0.29) is 17.6 Å². The third-order valence-electron chi connectivity index (χ3n) is 4.59. The maximum atomic E-state index is 12.9. The lowest BCUT2D eigenvalue weighted by atomic mass is 9.86. The third-order valence-corrected chi connectivity index (χ3v) is 4.59. The zero-order valence-electron chi connectivity index (χ0n) is 13.9. The Labute approximate surface area is 141 Å². The van der Waals surface area contributed by atoms with Crippen LogP contribution in [-0.2, 0) is 0 Å². The molecule has 0 saturated heterocycles. The van der Waals surface area contributed by atoms with Crippen molar-refractivity contribution in [1.29, 1.82) is 5.26 Å². The summed E-state index contributed by atoms with van der Waals surface area (Å²) in [6.07, 6.45) is 5.53. The summed E-state index contributed by atoms with van der Waals surface area (Å²) in [5.74, 6) is 0.238. The number of hydrogen-bond donors (Lipinski definition) is 0. The van der Waals surface area contributed by atoms with Crippen LogP contribution < -0.4 is 4.90 Å². The summed E-state index contributed by atoms with van der Waals surface area (Å²) in [4.78, 5) is 14.5. The van der Waals surface area contributed by atoms with Gasteiger partial charge in [-0.05, 0) is 31.9 Å². The highest BCUT2D eigenvalue weighted by Gasteiger charge is 2.28. The molecule has 0 radical (unpaired) electrons. The normalized spacial score (nSPS) is 15.0. The summed E-state index contributed by atoms with van der Waals surface area (Å²) >= 11 is 0. The smallest absolute Gasteiger partial charge is 0.293 e. The molecule has 0 atom stereocenters. The van der Waals surface area contributed by atoms with E-state index >= 15 is 0 Å². The van der Waals surface area contributed by atoms with Crippen LogP contribution in [0.5, 0.6) is 0 Å². The number of amides is 1. The molecular formula is C18H21N5O. The van der Waals surface area contributed by atoms with Crippen LogP contribution in [0.15, 0.2) is 30.3 Å². The number of benzene rings is 1. The van der Waals surface area contributed by atoms with Crippen molar-refractivity contribution in [3.05, 3.63) is 41.7 Å². The zero-order valence-corrected chi connectivity index (χ0v) is 13.9. The Balaban J connectivity index is 1.92. The first kappa shape index (κ1) is 16.2. The summed E-state index contributed by atoms with van der Waals surface area (Å²) in [5, 5.41) is 17.8. The van der Waals surface area contributed by atoms with Crippen LogP contribution in [0.25, 0.3) is 0 Å². The molecule has 1 heterocycles. The molecule has 0 unspecified atom stereocenters. The summed E-state index contributed by atoms with van der Waals surface area (Å²) in [7, 11) is 0. The second-order valence-electron chi connectivity index (χ2n) is 6.04. The summed E-state index contributed by atoms with van der Waals surface area (Å²) in [6.45, 7) is 2.39. The second kappa shape index (κ2) is 7.26. The van der Waals surface area contributed by atoms with Gasteiger partial charge in [0.1, 0.15) is 11.8 Å². The first-order valence-electron chi connectivity index (χ1n) is 8.48. The molecule has 0 N–H and O–H groups in total. The number of nitriles is 1. The summed E-state index contributed by atoms with van der Waals surface area (Å²) < 4.78 is 1.15. The van der Waals surface area contributed by atoms with Crippen LogP contribution in [0.4, 0.5) is 10.5 Å². The Kier molecular flexibility index (Phi) is 4.90. The fraction of sp³-hybridized carbons (Fsp3) is 0.444. The highest BCUT2D eigenvalue weighted by atomic mass is 16.2. The van der Waals surface area contributed by atoms with Crippen molar-refractivity contribution in [3.63, 3.8) is 0 Å². The fourth-order valence-corrected chi connectivity index (χ4v) is 3.33. The lowest BCUT2D eigenvalue weighted by molar-refractivity contribution is 0.244. The number of carbonyl (C=O) groups is 1. The van der Waals surface area contributed by atoms with Crippen molar-refractivity contribution in [2.75, 3.05) is 11.4 Å².